The van der Waals surface area contributed by atoms with Gasteiger partial charge in [0.1, 0.15) is 6.79 Å². The van der Waals surface area contributed by atoms with Crippen LogP contribution in [0.25, 0.3) is 0 Å². The first kappa shape index (κ1) is 40.3. The molecule has 1 rings (SSSR count). The van der Waals surface area contributed by atoms with E-state index in [9.17, 15) is 34.5 Å². The lowest BCUT2D eigenvalue weighted by Gasteiger charge is -2.33. The van der Waals surface area contributed by atoms with Gasteiger partial charge in [0.15, 0.2) is 0 Å². The summed E-state index contributed by atoms with van der Waals surface area (Å²) in [5.74, 6) is -2.15. The second-order valence-corrected chi connectivity index (χ2v) is 11.2. The average Bonchev–Trinajstić information content (AvgIpc) is 2.93. The molecule has 43 heavy (non-hydrogen) atoms. The highest BCUT2D eigenvalue weighted by Crippen LogP contribution is 2.02. The van der Waals surface area contributed by atoms with Gasteiger partial charge in [0.2, 0.25) is 5.91 Å². The van der Waals surface area contributed by atoms with E-state index in [4.69, 9.17) is 4.79 Å². The third-order valence-electron chi connectivity index (χ3n) is 7.01. The normalized spacial score (nSPS) is 16.6. The molecule has 0 atom stereocenters. The van der Waals surface area contributed by atoms with E-state index in [0.717, 1.165) is 19.4 Å². The molecule has 5 N–H and O–H groups in total. The molecule has 0 radical (unpaired) electrons. The van der Waals surface area contributed by atoms with E-state index in [1.165, 1.54) is 0 Å². The Balaban J connectivity index is 0.00000862. The highest BCUT2D eigenvalue weighted by atomic mass is 16.4. The van der Waals surface area contributed by atoms with Crippen molar-refractivity contribution >= 4 is 30.6 Å². The van der Waals surface area contributed by atoms with E-state index >= 15 is 0 Å². The van der Waals surface area contributed by atoms with Crippen molar-refractivity contribution in [3.05, 3.63) is 0 Å². The zero-order chi connectivity index (χ0) is 32.6. The van der Waals surface area contributed by atoms with Gasteiger partial charge in [-0.2, -0.15) is 0 Å². The molecular weight excluding hydrogens is 562 g/mol. The van der Waals surface area contributed by atoms with E-state index in [1.54, 1.807) is 4.90 Å². The van der Waals surface area contributed by atoms with Crippen LogP contribution in [-0.4, -0.2) is 182 Å². The number of carboxylic acid groups (broad SMARTS) is 3. The Labute approximate surface area is 256 Å². The zero-order valence-corrected chi connectivity index (χ0v) is 26.3. The third-order valence-corrected chi connectivity index (χ3v) is 7.01. The minimum absolute atomic E-state index is 0.0656. The first-order chi connectivity index (χ1) is 20.4. The lowest BCUT2D eigenvalue weighted by atomic mass is 10.1. The van der Waals surface area contributed by atoms with Crippen molar-refractivity contribution in [2.75, 3.05) is 112 Å². The van der Waals surface area contributed by atoms with E-state index in [2.05, 4.69) is 34.3 Å². The molecule has 1 fully saturated rings. The van der Waals surface area contributed by atoms with Crippen LogP contribution >= 0.6 is 0 Å². The van der Waals surface area contributed by atoms with Gasteiger partial charge in [0, 0.05) is 91.6 Å². The number of likely N-dealkylation sites (N-methyl/N-ethyl adjacent to an activating group) is 1. The molecular formula is C28H55N7O8. The summed E-state index contributed by atoms with van der Waals surface area (Å²) in [6.45, 7) is 12.9. The van der Waals surface area contributed by atoms with E-state index < -0.39 is 17.9 Å². The maximum Gasteiger partial charge on any atom is 0.317 e. The Morgan fingerprint density at radius 3 is 1.53 bits per heavy atom. The van der Waals surface area contributed by atoms with Crippen LogP contribution in [0.4, 0.5) is 0 Å². The number of nitrogens with one attached hydrogen (secondary N) is 2. The number of hydrogen-bond acceptors (Lipinski definition) is 11. The van der Waals surface area contributed by atoms with Crippen LogP contribution in [0, 0.1) is 5.92 Å². The van der Waals surface area contributed by atoms with Gasteiger partial charge >= 0.3 is 17.9 Å². The second-order valence-electron chi connectivity index (χ2n) is 11.2. The van der Waals surface area contributed by atoms with Gasteiger partial charge in [-0.15, -0.1) is 0 Å². The summed E-state index contributed by atoms with van der Waals surface area (Å²) < 4.78 is 0. The van der Waals surface area contributed by atoms with Crippen LogP contribution in [0.1, 0.15) is 33.1 Å². The Hall–Kier alpha value is -2.69. The number of nitrogens with zero attached hydrogens (tertiary/aromatic N) is 5. The topological polar surface area (TPSA) is 186 Å². The molecule has 0 saturated carbocycles. The van der Waals surface area contributed by atoms with Gasteiger partial charge in [-0.1, -0.05) is 13.8 Å². The maximum absolute atomic E-state index is 12.1. The fourth-order valence-electron chi connectivity index (χ4n) is 4.52. The summed E-state index contributed by atoms with van der Waals surface area (Å²) in [5.41, 5.74) is 0. The smallest absolute Gasteiger partial charge is 0.317 e. The predicted molar refractivity (Wildman–Crippen MR) is 163 cm³/mol. The molecule has 0 aromatic rings. The number of carbonyl (C=O) groups excluding carboxylic acids is 2. The fraction of sp³-hybridized carbons (Fsp3) is 0.821. The molecule has 0 aromatic carbocycles. The number of aliphatic carboxylic acids is 3. The van der Waals surface area contributed by atoms with Gasteiger partial charge in [-0.05, 0) is 25.8 Å². The van der Waals surface area contributed by atoms with Crippen LogP contribution in [0.3, 0.4) is 0 Å². The van der Waals surface area contributed by atoms with Gasteiger partial charge in [0.25, 0.3) is 0 Å². The lowest BCUT2D eigenvalue weighted by molar-refractivity contribution is -0.140. The Morgan fingerprint density at radius 1 is 0.721 bits per heavy atom. The summed E-state index contributed by atoms with van der Waals surface area (Å²) in [6, 6.07) is 0. The Kier molecular flexibility index (Phi) is 23.2. The van der Waals surface area contributed by atoms with Crippen molar-refractivity contribution < 1.29 is 39.3 Å². The summed E-state index contributed by atoms with van der Waals surface area (Å²) in [4.78, 5) is 63.8. The zero-order valence-electron chi connectivity index (χ0n) is 26.3. The molecule has 15 nitrogen and oxygen atoms in total. The van der Waals surface area contributed by atoms with Crippen molar-refractivity contribution in [1.82, 2.24) is 35.1 Å². The molecule has 1 aliphatic rings. The molecule has 0 aromatic heterocycles. The first-order valence-electron chi connectivity index (χ1n) is 14.9. The molecule has 15 heteroatoms. The van der Waals surface area contributed by atoms with Crippen molar-refractivity contribution in [2.24, 2.45) is 5.92 Å². The van der Waals surface area contributed by atoms with Crippen LogP contribution in [0.15, 0.2) is 0 Å². The molecule has 0 unspecified atom stereocenters. The predicted octanol–water partition coefficient (Wildman–Crippen LogP) is -1.30. The van der Waals surface area contributed by atoms with E-state index in [1.807, 2.05) is 23.6 Å². The van der Waals surface area contributed by atoms with Gasteiger partial charge in [-0.25, -0.2) is 0 Å². The molecule has 250 valence electrons. The van der Waals surface area contributed by atoms with Crippen molar-refractivity contribution in [3.8, 4) is 0 Å². The average molecular weight is 618 g/mol. The summed E-state index contributed by atoms with van der Waals surface area (Å²) in [5, 5.41) is 34.4. The number of carbonyl (C=O) groups is 5. The molecule has 1 saturated heterocycles. The standard InChI is InChI=1S/C27H53N7O7.CH2O/c1-23(2)5-4-7-29-24(35)6-9-30(3)10-8-28-22-34-17-15-32(20-26(38)39)13-11-31(19-25(36)37)12-14-33(16-18-34)21-27(40)41;1-2/h23,28H,4-22H2,1-3H3,(H,29,35)(H,36,37)(H,38,39)(H,40,41);1H2. The van der Waals surface area contributed by atoms with Gasteiger partial charge in [0.05, 0.1) is 19.6 Å². The van der Waals surface area contributed by atoms with Crippen molar-refractivity contribution in [3.63, 3.8) is 0 Å². The third kappa shape index (κ3) is 23.4. The van der Waals surface area contributed by atoms with Gasteiger partial charge < -0.3 is 35.6 Å². The highest BCUT2D eigenvalue weighted by molar-refractivity contribution is 5.76. The van der Waals surface area contributed by atoms with Crippen LogP contribution < -0.4 is 10.6 Å². The van der Waals surface area contributed by atoms with Crippen LogP contribution in [-0.2, 0) is 24.0 Å². The van der Waals surface area contributed by atoms with Crippen molar-refractivity contribution in [1.29, 1.82) is 0 Å². The largest absolute Gasteiger partial charge is 0.480 e. The fourth-order valence-corrected chi connectivity index (χ4v) is 4.52. The summed E-state index contributed by atoms with van der Waals surface area (Å²) in [6.07, 6.45) is 2.54. The van der Waals surface area contributed by atoms with E-state index in [-0.39, 0.29) is 25.5 Å². The maximum atomic E-state index is 12.1. The Bertz CT molecular complexity index is 773. The minimum atomic E-state index is -0.977. The number of hydrogen-bond donors (Lipinski definition) is 5. The molecule has 0 aliphatic carbocycles. The van der Waals surface area contributed by atoms with Crippen LogP contribution in [0.2, 0.25) is 0 Å². The minimum Gasteiger partial charge on any atom is -0.480 e. The summed E-state index contributed by atoms with van der Waals surface area (Å²) in [7, 11) is 1.98. The quantitative estimate of drug-likeness (QED) is 0.114. The molecule has 1 amide bonds. The lowest BCUT2D eigenvalue weighted by Crippen LogP contribution is -2.50. The number of amides is 1. The SMILES string of the molecule is C=O.CC(C)CCCNC(=O)CCN(C)CCNCN1CCN(CC(=O)O)CCN(CC(=O)O)CCN(CC(=O)O)CC1. The first-order valence-corrected chi connectivity index (χ1v) is 14.9. The van der Waals surface area contributed by atoms with Gasteiger partial charge in [-0.3, -0.25) is 38.8 Å². The second kappa shape index (κ2) is 24.7. The molecule has 0 spiro atoms. The number of rotatable bonds is 18. The highest BCUT2D eigenvalue weighted by Gasteiger charge is 2.20. The Morgan fingerprint density at radius 2 is 1.14 bits per heavy atom. The molecule has 1 aliphatic heterocycles. The number of carboxylic acids is 3. The monoisotopic (exact) mass is 617 g/mol. The van der Waals surface area contributed by atoms with Crippen LogP contribution in [0.5, 0.6) is 0 Å². The summed E-state index contributed by atoms with van der Waals surface area (Å²) >= 11 is 0. The molecule has 0 bridgehead atoms. The molecule has 1 heterocycles. The van der Waals surface area contributed by atoms with E-state index in [0.29, 0.717) is 91.0 Å². The van der Waals surface area contributed by atoms with Crippen molar-refractivity contribution in [2.45, 2.75) is 33.1 Å².